The zero-order valence-electron chi connectivity index (χ0n) is 18.7. The Morgan fingerprint density at radius 3 is 2.18 bits per heavy atom. The predicted octanol–water partition coefficient (Wildman–Crippen LogP) is 5.15. The van der Waals surface area contributed by atoms with Crippen molar-refractivity contribution in [2.24, 2.45) is 5.92 Å². The number of aromatic nitrogens is 1. The number of anilines is 1. The summed E-state index contributed by atoms with van der Waals surface area (Å²) in [5.74, 6) is 0.0297. The SMILES string of the molecule is CS(=O)(=O)Nc1c(-c2ccccc2)nc2ccccc2c1C(=O)NC(c1ccccc1)C1CC1. The van der Waals surface area contributed by atoms with Gasteiger partial charge in [-0.05, 0) is 30.4 Å². The lowest BCUT2D eigenvalue weighted by atomic mass is 9.98. The van der Waals surface area contributed by atoms with Crippen LogP contribution in [0.3, 0.4) is 0 Å². The van der Waals surface area contributed by atoms with E-state index in [-0.39, 0.29) is 23.2 Å². The monoisotopic (exact) mass is 471 g/mol. The summed E-state index contributed by atoms with van der Waals surface area (Å²) in [5.41, 5.74) is 3.25. The lowest BCUT2D eigenvalue weighted by molar-refractivity contribution is 0.0934. The van der Waals surface area contributed by atoms with E-state index in [1.54, 1.807) is 6.07 Å². The Bertz CT molecular complexity index is 1450. The third-order valence-electron chi connectivity index (χ3n) is 5.99. The van der Waals surface area contributed by atoms with Gasteiger partial charge in [0.1, 0.15) is 0 Å². The van der Waals surface area contributed by atoms with E-state index in [0.717, 1.165) is 30.2 Å². The van der Waals surface area contributed by atoms with Crippen LogP contribution >= 0.6 is 0 Å². The molecule has 4 aromatic rings. The molecule has 172 valence electrons. The molecular weight excluding hydrogens is 446 g/mol. The first-order chi connectivity index (χ1) is 16.4. The number of pyridine rings is 1. The van der Waals surface area contributed by atoms with Crippen molar-refractivity contribution in [2.75, 3.05) is 11.0 Å². The first-order valence-electron chi connectivity index (χ1n) is 11.2. The van der Waals surface area contributed by atoms with Gasteiger partial charge in [0.15, 0.2) is 0 Å². The van der Waals surface area contributed by atoms with Crippen molar-refractivity contribution in [3.63, 3.8) is 0 Å². The molecule has 0 saturated heterocycles. The fourth-order valence-corrected chi connectivity index (χ4v) is 4.88. The molecule has 1 saturated carbocycles. The molecule has 0 aliphatic heterocycles. The van der Waals surface area contributed by atoms with E-state index >= 15 is 0 Å². The van der Waals surface area contributed by atoms with E-state index in [2.05, 4.69) is 10.0 Å². The Hall–Kier alpha value is -3.71. The molecule has 34 heavy (non-hydrogen) atoms. The summed E-state index contributed by atoms with van der Waals surface area (Å²) in [6.45, 7) is 0. The average Bonchev–Trinajstić information content (AvgIpc) is 3.67. The fraction of sp³-hybridized carbons (Fsp3) is 0.185. The second-order valence-corrected chi connectivity index (χ2v) is 10.4. The second-order valence-electron chi connectivity index (χ2n) is 8.67. The number of carbonyl (C=O) groups excluding carboxylic acids is 1. The van der Waals surface area contributed by atoms with E-state index in [9.17, 15) is 13.2 Å². The fourth-order valence-electron chi connectivity index (χ4n) is 4.31. The van der Waals surface area contributed by atoms with Crippen LogP contribution in [0.2, 0.25) is 0 Å². The van der Waals surface area contributed by atoms with Crippen LogP contribution in [-0.4, -0.2) is 25.6 Å². The smallest absolute Gasteiger partial charge is 0.254 e. The summed E-state index contributed by atoms with van der Waals surface area (Å²) in [6, 6.07) is 26.3. The average molecular weight is 472 g/mol. The molecule has 1 atom stereocenters. The number of benzene rings is 3. The highest BCUT2D eigenvalue weighted by atomic mass is 32.2. The molecule has 1 amide bonds. The molecule has 2 N–H and O–H groups in total. The van der Waals surface area contributed by atoms with Crippen molar-refractivity contribution in [1.82, 2.24) is 10.3 Å². The number of nitrogens with zero attached hydrogens (tertiary/aromatic N) is 1. The molecule has 1 aliphatic carbocycles. The number of fused-ring (bicyclic) bond motifs is 1. The number of hydrogen-bond acceptors (Lipinski definition) is 4. The molecule has 1 unspecified atom stereocenters. The Morgan fingerprint density at radius 1 is 0.912 bits per heavy atom. The summed E-state index contributed by atoms with van der Waals surface area (Å²) in [5, 5.41) is 3.80. The summed E-state index contributed by atoms with van der Waals surface area (Å²) in [4.78, 5) is 18.6. The number of sulfonamides is 1. The van der Waals surface area contributed by atoms with Gasteiger partial charge < -0.3 is 5.32 Å². The van der Waals surface area contributed by atoms with E-state index in [4.69, 9.17) is 4.98 Å². The van der Waals surface area contributed by atoms with Crippen molar-refractivity contribution < 1.29 is 13.2 Å². The largest absolute Gasteiger partial charge is 0.345 e. The zero-order valence-corrected chi connectivity index (χ0v) is 19.5. The number of hydrogen-bond donors (Lipinski definition) is 2. The quantitative estimate of drug-likeness (QED) is 0.390. The Morgan fingerprint density at radius 2 is 1.53 bits per heavy atom. The molecule has 3 aromatic carbocycles. The molecular formula is C27H25N3O3S. The highest BCUT2D eigenvalue weighted by Gasteiger charge is 2.34. The van der Waals surface area contributed by atoms with Crippen LogP contribution in [0.25, 0.3) is 22.2 Å². The minimum absolute atomic E-state index is 0.146. The lowest BCUT2D eigenvalue weighted by Gasteiger charge is -2.22. The van der Waals surface area contributed by atoms with Crippen LogP contribution in [-0.2, 0) is 10.0 Å². The van der Waals surface area contributed by atoms with E-state index in [1.165, 1.54) is 0 Å². The number of amides is 1. The van der Waals surface area contributed by atoms with Gasteiger partial charge in [0.2, 0.25) is 10.0 Å². The highest BCUT2D eigenvalue weighted by molar-refractivity contribution is 7.92. The van der Waals surface area contributed by atoms with Crippen LogP contribution in [0.1, 0.15) is 34.8 Å². The third-order valence-corrected chi connectivity index (χ3v) is 6.57. The van der Waals surface area contributed by atoms with Crippen LogP contribution in [0.5, 0.6) is 0 Å². The van der Waals surface area contributed by atoms with E-state index < -0.39 is 10.0 Å². The molecule has 6 nitrogen and oxygen atoms in total. The van der Waals surface area contributed by atoms with Gasteiger partial charge in [-0.1, -0.05) is 78.9 Å². The Labute approximate surface area is 199 Å². The Balaban J connectivity index is 1.70. The first-order valence-corrected chi connectivity index (χ1v) is 13.1. The standard InChI is InChI=1S/C27H25N3O3S/c1-34(32,33)30-26-23(27(31)29-24(20-16-17-20)18-10-4-2-5-11-18)21-14-8-9-15-22(21)28-25(26)19-12-6-3-7-13-19/h2-15,20,24,30H,16-17H2,1H3,(H,29,31). The molecule has 0 radical (unpaired) electrons. The molecule has 1 aliphatic rings. The minimum atomic E-state index is -3.69. The van der Waals surface area contributed by atoms with Crippen molar-refractivity contribution in [3.05, 3.63) is 96.1 Å². The third kappa shape index (κ3) is 4.65. The van der Waals surface area contributed by atoms with Crippen LogP contribution in [0.15, 0.2) is 84.9 Å². The molecule has 7 heteroatoms. The van der Waals surface area contributed by atoms with Gasteiger partial charge in [0.25, 0.3) is 5.91 Å². The van der Waals surface area contributed by atoms with Crippen molar-refractivity contribution >= 4 is 32.5 Å². The predicted molar refractivity (Wildman–Crippen MR) is 135 cm³/mol. The van der Waals surface area contributed by atoms with Crippen LogP contribution in [0, 0.1) is 5.92 Å². The molecule has 0 bridgehead atoms. The van der Waals surface area contributed by atoms with Gasteiger partial charge in [-0.3, -0.25) is 9.52 Å². The number of carbonyl (C=O) groups is 1. The summed E-state index contributed by atoms with van der Waals surface area (Å²) in [6.07, 6.45) is 3.16. The first kappa shape index (κ1) is 22.1. The second kappa shape index (κ2) is 8.91. The molecule has 0 spiro atoms. The van der Waals surface area contributed by atoms with Gasteiger partial charge in [-0.15, -0.1) is 0 Å². The number of nitrogens with one attached hydrogen (secondary N) is 2. The van der Waals surface area contributed by atoms with Crippen molar-refractivity contribution in [3.8, 4) is 11.3 Å². The van der Waals surface area contributed by atoms with Gasteiger partial charge in [-0.2, -0.15) is 0 Å². The van der Waals surface area contributed by atoms with E-state index in [0.29, 0.717) is 22.5 Å². The maximum absolute atomic E-state index is 13.9. The minimum Gasteiger partial charge on any atom is -0.345 e. The van der Waals surface area contributed by atoms with E-state index in [1.807, 2.05) is 78.9 Å². The van der Waals surface area contributed by atoms with Crippen LogP contribution < -0.4 is 10.0 Å². The molecule has 1 aromatic heterocycles. The molecule has 1 heterocycles. The van der Waals surface area contributed by atoms with Gasteiger partial charge >= 0.3 is 0 Å². The maximum atomic E-state index is 13.9. The van der Waals surface area contributed by atoms with Gasteiger partial charge in [0.05, 0.1) is 34.8 Å². The highest BCUT2D eigenvalue weighted by Crippen LogP contribution is 2.42. The summed E-state index contributed by atoms with van der Waals surface area (Å²) < 4.78 is 27.4. The Kier molecular flexibility index (Phi) is 5.79. The molecule has 5 rings (SSSR count). The lowest BCUT2D eigenvalue weighted by Crippen LogP contribution is -2.31. The summed E-state index contributed by atoms with van der Waals surface area (Å²) >= 11 is 0. The number of rotatable bonds is 7. The normalized spacial score (nSPS) is 14.5. The van der Waals surface area contributed by atoms with Crippen LogP contribution in [0.4, 0.5) is 5.69 Å². The maximum Gasteiger partial charge on any atom is 0.254 e. The van der Waals surface area contributed by atoms with Crippen molar-refractivity contribution in [1.29, 1.82) is 0 Å². The molecule has 1 fully saturated rings. The topological polar surface area (TPSA) is 88.2 Å². The van der Waals surface area contributed by atoms with Crippen molar-refractivity contribution in [2.45, 2.75) is 18.9 Å². The van der Waals surface area contributed by atoms with Gasteiger partial charge in [0, 0.05) is 10.9 Å². The summed E-state index contributed by atoms with van der Waals surface area (Å²) in [7, 11) is -3.69. The zero-order chi connectivity index (χ0) is 23.7. The van der Waals surface area contributed by atoms with Gasteiger partial charge in [-0.25, -0.2) is 13.4 Å². The number of para-hydroxylation sites is 1.